The Labute approximate surface area is 164 Å². The minimum Gasteiger partial charge on any atom is -0.478 e. The van der Waals surface area contributed by atoms with Crippen LogP contribution in [-0.2, 0) is 21.3 Å². The number of hydrogen-bond donors (Lipinski definition) is 5. The number of benzene rings is 1. The molecule has 0 aromatic heterocycles. The standard InChI is InChI=1S/C16H23N3O4.CH4O3S/c1-2-11-10-12(7-8-13(11)15(21)22)23-14(20)6-4-3-5-9-19-16(17)18;1-5(2,3)4/h7-8,10H,2-6,9H2,1H3,(H,21,22)(H4,17,18,19);1H3,(H,2,3,4). The van der Waals surface area contributed by atoms with Gasteiger partial charge in [-0.2, -0.15) is 8.42 Å². The van der Waals surface area contributed by atoms with Crippen molar-refractivity contribution < 1.29 is 32.4 Å². The molecule has 0 atom stereocenters. The Morgan fingerprint density at radius 1 is 1.25 bits per heavy atom. The van der Waals surface area contributed by atoms with E-state index in [1.54, 1.807) is 6.07 Å². The highest BCUT2D eigenvalue weighted by atomic mass is 32.2. The summed E-state index contributed by atoms with van der Waals surface area (Å²) >= 11 is 0. The highest BCUT2D eigenvalue weighted by molar-refractivity contribution is 7.85. The van der Waals surface area contributed by atoms with Crippen LogP contribution >= 0.6 is 0 Å². The number of hydrogen-bond acceptors (Lipinski definition) is 6. The van der Waals surface area contributed by atoms with Crippen LogP contribution in [0.2, 0.25) is 0 Å². The Bertz CT molecular complexity index is 771. The van der Waals surface area contributed by atoms with Crippen LogP contribution in [0.5, 0.6) is 5.75 Å². The Kier molecular flexibility index (Phi) is 11.5. The summed E-state index contributed by atoms with van der Waals surface area (Å²) in [5.41, 5.74) is 6.02. The molecule has 0 saturated heterocycles. The van der Waals surface area contributed by atoms with Gasteiger partial charge in [0, 0.05) is 13.0 Å². The number of esters is 1. The SMILES string of the molecule is CCc1cc(OC(=O)CCCCCNC(=N)N)ccc1C(=O)O.CS(=O)(=O)O. The highest BCUT2D eigenvalue weighted by Gasteiger charge is 2.11. The lowest BCUT2D eigenvalue weighted by Gasteiger charge is -2.08. The highest BCUT2D eigenvalue weighted by Crippen LogP contribution is 2.19. The van der Waals surface area contributed by atoms with Crippen molar-refractivity contribution in [1.82, 2.24) is 5.32 Å². The number of unbranched alkanes of at least 4 members (excludes halogenated alkanes) is 2. The molecule has 0 unspecified atom stereocenters. The number of carboxylic acids is 1. The first-order chi connectivity index (χ1) is 12.9. The van der Waals surface area contributed by atoms with Gasteiger partial charge in [0.1, 0.15) is 5.75 Å². The van der Waals surface area contributed by atoms with E-state index in [0.717, 1.165) is 12.8 Å². The van der Waals surface area contributed by atoms with Crippen molar-refractivity contribution in [2.45, 2.75) is 39.0 Å². The summed E-state index contributed by atoms with van der Waals surface area (Å²) in [6.45, 7) is 2.46. The number of ether oxygens (including phenoxy) is 1. The molecule has 1 aromatic carbocycles. The van der Waals surface area contributed by atoms with E-state index in [9.17, 15) is 18.0 Å². The summed E-state index contributed by atoms with van der Waals surface area (Å²) in [6, 6.07) is 4.55. The molecule has 6 N–H and O–H groups in total. The molecule has 0 aliphatic carbocycles. The number of nitrogens with two attached hydrogens (primary N) is 1. The molecule has 0 spiro atoms. The van der Waals surface area contributed by atoms with Crippen molar-refractivity contribution in [3.63, 3.8) is 0 Å². The Hall–Kier alpha value is -2.66. The van der Waals surface area contributed by atoms with Crippen molar-refractivity contribution in [3.05, 3.63) is 29.3 Å². The minimum absolute atomic E-state index is 0.0547. The van der Waals surface area contributed by atoms with Gasteiger partial charge in [0.05, 0.1) is 11.8 Å². The molecule has 10 nitrogen and oxygen atoms in total. The van der Waals surface area contributed by atoms with Gasteiger partial charge in [-0.25, -0.2) is 4.79 Å². The molecular weight excluding hydrogens is 390 g/mol. The number of carbonyl (C=O) groups is 2. The van der Waals surface area contributed by atoms with Gasteiger partial charge < -0.3 is 20.9 Å². The van der Waals surface area contributed by atoms with E-state index in [-0.39, 0.29) is 17.5 Å². The maximum atomic E-state index is 11.8. The van der Waals surface area contributed by atoms with Crippen molar-refractivity contribution in [1.29, 1.82) is 5.41 Å². The van der Waals surface area contributed by atoms with Gasteiger partial charge in [-0.05, 0) is 43.0 Å². The average molecular weight is 417 g/mol. The van der Waals surface area contributed by atoms with Gasteiger partial charge in [0.15, 0.2) is 5.96 Å². The van der Waals surface area contributed by atoms with E-state index in [2.05, 4.69) is 5.32 Å². The van der Waals surface area contributed by atoms with Crippen molar-refractivity contribution in [2.24, 2.45) is 5.73 Å². The Balaban J connectivity index is 0.00000129. The Morgan fingerprint density at radius 2 is 1.86 bits per heavy atom. The summed E-state index contributed by atoms with van der Waals surface area (Å²) in [4.78, 5) is 22.8. The van der Waals surface area contributed by atoms with E-state index >= 15 is 0 Å². The first kappa shape index (κ1) is 25.3. The quantitative estimate of drug-likeness (QED) is 0.0990. The summed E-state index contributed by atoms with van der Waals surface area (Å²) in [5.74, 6) is -1.01. The second kappa shape index (κ2) is 12.7. The van der Waals surface area contributed by atoms with Crippen LogP contribution in [0.3, 0.4) is 0 Å². The van der Waals surface area contributed by atoms with Gasteiger partial charge in [-0.15, -0.1) is 0 Å². The number of rotatable bonds is 9. The van der Waals surface area contributed by atoms with E-state index < -0.39 is 16.1 Å². The van der Waals surface area contributed by atoms with Gasteiger partial charge in [-0.1, -0.05) is 13.3 Å². The monoisotopic (exact) mass is 417 g/mol. The summed E-state index contributed by atoms with van der Waals surface area (Å²) < 4.78 is 31.1. The van der Waals surface area contributed by atoms with E-state index in [0.29, 0.717) is 43.4 Å². The first-order valence-corrected chi connectivity index (χ1v) is 10.4. The van der Waals surface area contributed by atoms with Crippen LogP contribution in [-0.4, -0.2) is 48.8 Å². The topological polar surface area (TPSA) is 180 Å². The lowest BCUT2D eigenvalue weighted by atomic mass is 10.1. The molecule has 0 saturated carbocycles. The van der Waals surface area contributed by atoms with Crippen LogP contribution < -0.4 is 15.8 Å². The third kappa shape index (κ3) is 13.5. The second-order valence-corrected chi connectivity index (χ2v) is 7.30. The Morgan fingerprint density at radius 3 is 2.36 bits per heavy atom. The molecule has 0 heterocycles. The smallest absolute Gasteiger partial charge is 0.335 e. The van der Waals surface area contributed by atoms with Crippen LogP contribution in [0.4, 0.5) is 0 Å². The molecule has 0 aliphatic rings. The fourth-order valence-electron chi connectivity index (χ4n) is 2.11. The molecular formula is C17H27N3O7S. The van der Waals surface area contributed by atoms with E-state index in [4.69, 9.17) is 25.5 Å². The van der Waals surface area contributed by atoms with Gasteiger partial charge in [0.2, 0.25) is 0 Å². The van der Waals surface area contributed by atoms with Crippen molar-refractivity contribution >= 4 is 28.0 Å². The molecule has 1 rings (SSSR count). The van der Waals surface area contributed by atoms with Gasteiger partial charge >= 0.3 is 11.9 Å². The molecule has 11 heteroatoms. The maximum absolute atomic E-state index is 11.8. The largest absolute Gasteiger partial charge is 0.478 e. The predicted molar refractivity (Wildman–Crippen MR) is 104 cm³/mol. The normalized spacial score (nSPS) is 10.4. The minimum atomic E-state index is -3.67. The summed E-state index contributed by atoms with van der Waals surface area (Å²) in [6.07, 6.45) is 3.89. The fraction of sp³-hybridized carbons (Fsp3) is 0.471. The molecule has 0 bridgehead atoms. The molecule has 0 amide bonds. The van der Waals surface area contributed by atoms with E-state index in [1.807, 2.05) is 6.92 Å². The van der Waals surface area contributed by atoms with Gasteiger partial charge in [-0.3, -0.25) is 14.8 Å². The fourth-order valence-corrected chi connectivity index (χ4v) is 2.11. The first-order valence-electron chi connectivity index (χ1n) is 8.51. The number of guanidine groups is 1. The lowest BCUT2D eigenvalue weighted by molar-refractivity contribution is -0.134. The van der Waals surface area contributed by atoms with Gasteiger partial charge in [0.25, 0.3) is 10.1 Å². The molecule has 0 radical (unpaired) electrons. The van der Waals surface area contributed by atoms with Crippen LogP contribution in [0, 0.1) is 5.41 Å². The second-order valence-electron chi connectivity index (χ2n) is 5.84. The number of carboxylic acid groups (broad SMARTS) is 1. The maximum Gasteiger partial charge on any atom is 0.335 e. The predicted octanol–water partition coefficient (Wildman–Crippen LogP) is 1.40. The third-order valence-electron chi connectivity index (χ3n) is 3.29. The van der Waals surface area contributed by atoms with Crippen LogP contribution in [0.15, 0.2) is 18.2 Å². The zero-order chi connectivity index (χ0) is 21.7. The van der Waals surface area contributed by atoms with Crippen molar-refractivity contribution in [3.8, 4) is 5.75 Å². The zero-order valence-electron chi connectivity index (χ0n) is 15.9. The molecule has 28 heavy (non-hydrogen) atoms. The number of nitrogens with one attached hydrogen (secondary N) is 2. The molecule has 1 aromatic rings. The third-order valence-corrected chi connectivity index (χ3v) is 3.29. The molecule has 158 valence electrons. The number of aryl methyl sites for hydroxylation is 1. The van der Waals surface area contributed by atoms with E-state index in [1.165, 1.54) is 12.1 Å². The molecule has 0 fully saturated rings. The van der Waals surface area contributed by atoms with Crippen LogP contribution in [0.1, 0.15) is 48.5 Å². The lowest BCUT2D eigenvalue weighted by Crippen LogP contribution is -2.30. The molecule has 0 aliphatic heterocycles. The number of aromatic carboxylic acids is 1. The number of carbonyl (C=O) groups excluding carboxylic acids is 1. The zero-order valence-corrected chi connectivity index (χ0v) is 16.7. The summed E-state index contributed by atoms with van der Waals surface area (Å²) in [7, 11) is -3.67. The summed E-state index contributed by atoms with van der Waals surface area (Å²) in [5, 5.41) is 18.8. The van der Waals surface area contributed by atoms with Crippen molar-refractivity contribution in [2.75, 3.05) is 12.8 Å². The average Bonchev–Trinajstić information content (AvgIpc) is 2.55. The van der Waals surface area contributed by atoms with Crippen LogP contribution in [0.25, 0.3) is 0 Å².